The molecule has 1 aliphatic rings. The lowest BCUT2D eigenvalue weighted by Crippen LogP contribution is -2.40. The Bertz CT molecular complexity index is 284. The molecular formula is C13H20N2. The first-order valence-corrected chi connectivity index (χ1v) is 5.99. The minimum atomic E-state index is 0.709. The van der Waals surface area contributed by atoms with E-state index in [1.165, 1.54) is 37.7 Å². The van der Waals surface area contributed by atoms with Gasteiger partial charge in [-0.3, -0.25) is 4.98 Å². The molecular weight excluding hydrogens is 184 g/mol. The van der Waals surface area contributed by atoms with Crippen molar-refractivity contribution in [2.45, 2.75) is 51.1 Å². The molecule has 1 N–H and O–H groups in total. The zero-order valence-corrected chi connectivity index (χ0v) is 9.45. The zero-order valence-electron chi connectivity index (χ0n) is 9.45. The first kappa shape index (κ1) is 10.6. The summed E-state index contributed by atoms with van der Waals surface area (Å²) in [7, 11) is 0. The average molecular weight is 204 g/mol. The highest BCUT2D eigenvalue weighted by atomic mass is 15.0. The molecule has 1 fully saturated rings. The van der Waals surface area contributed by atoms with Crippen LogP contribution in [0.2, 0.25) is 0 Å². The first-order chi connectivity index (χ1) is 7.34. The van der Waals surface area contributed by atoms with Crippen LogP contribution >= 0.6 is 0 Å². The van der Waals surface area contributed by atoms with Crippen molar-refractivity contribution in [2.75, 3.05) is 0 Å². The third-order valence-electron chi connectivity index (χ3n) is 3.24. The normalized spacial score (nSPS) is 26.5. The quantitative estimate of drug-likeness (QED) is 0.818. The van der Waals surface area contributed by atoms with E-state index in [4.69, 9.17) is 0 Å². The van der Waals surface area contributed by atoms with E-state index in [0.717, 1.165) is 6.04 Å². The van der Waals surface area contributed by atoms with Crippen LogP contribution < -0.4 is 5.32 Å². The van der Waals surface area contributed by atoms with Crippen molar-refractivity contribution in [3.8, 4) is 0 Å². The summed E-state index contributed by atoms with van der Waals surface area (Å²) in [5.74, 6) is 0. The molecule has 2 heterocycles. The van der Waals surface area contributed by atoms with Gasteiger partial charge in [0.05, 0.1) is 0 Å². The number of rotatable bonds is 3. The van der Waals surface area contributed by atoms with E-state index in [9.17, 15) is 0 Å². The second-order valence-corrected chi connectivity index (χ2v) is 4.59. The van der Waals surface area contributed by atoms with Gasteiger partial charge in [-0.1, -0.05) is 6.42 Å². The number of piperidine rings is 1. The van der Waals surface area contributed by atoms with Gasteiger partial charge in [0.2, 0.25) is 0 Å². The van der Waals surface area contributed by atoms with Gasteiger partial charge in [0.25, 0.3) is 0 Å². The lowest BCUT2D eigenvalue weighted by atomic mass is 9.95. The Labute approximate surface area is 92.1 Å². The summed E-state index contributed by atoms with van der Waals surface area (Å²) in [4.78, 5) is 4.04. The van der Waals surface area contributed by atoms with Crippen LogP contribution in [0.15, 0.2) is 24.5 Å². The molecule has 0 spiro atoms. The standard InChI is InChI=1S/C13H20N2/c1-11-3-2-4-13(15-11)6-5-12-7-9-14-10-8-12/h7-11,13,15H,2-6H2,1H3. The monoisotopic (exact) mass is 204 g/mol. The summed E-state index contributed by atoms with van der Waals surface area (Å²) in [5, 5.41) is 3.67. The molecule has 1 saturated heterocycles. The van der Waals surface area contributed by atoms with Crippen LogP contribution in [0.5, 0.6) is 0 Å². The number of nitrogens with one attached hydrogen (secondary N) is 1. The minimum absolute atomic E-state index is 0.709. The van der Waals surface area contributed by atoms with Crippen molar-refractivity contribution < 1.29 is 0 Å². The summed E-state index contributed by atoms with van der Waals surface area (Å²) in [6, 6.07) is 5.67. The van der Waals surface area contributed by atoms with Crippen molar-refractivity contribution in [3.05, 3.63) is 30.1 Å². The highest BCUT2D eigenvalue weighted by Crippen LogP contribution is 2.16. The third-order valence-corrected chi connectivity index (χ3v) is 3.24. The maximum Gasteiger partial charge on any atom is 0.0270 e. The second kappa shape index (κ2) is 5.26. The lowest BCUT2D eigenvalue weighted by molar-refractivity contribution is 0.322. The van der Waals surface area contributed by atoms with Crippen LogP contribution in [0, 0.1) is 0 Å². The summed E-state index contributed by atoms with van der Waals surface area (Å²) >= 11 is 0. The van der Waals surface area contributed by atoms with E-state index in [1.54, 1.807) is 0 Å². The Hall–Kier alpha value is -0.890. The lowest BCUT2D eigenvalue weighted by Gasteiger charge is -2.28. The molecule has 15 heavy (non-hydrogen) atoms. The molecule has 2 nitrogen and oxygen atoms in total. The van der Waals surface area contributed by atoms with E-state index in [1.807, 2.05) is 12.4 Å². The van der Waals surface area contributed by atoms with Gasteiger partial charge in [-0.15, -0.1) is 0 Å². The van der Waals surface area contributed by atoms with Crippen LogP contribution in [-0.4, -0.2) is 17.1 Å². The highest BCUT2D eigenvalue weighted by molar-refractivity contribution is 5.09. The largest absolute Gasteiger partial charge is 0.311 e. The first-order valence-electron chi connectivity index (χ1n) is 5.99. The molecule has 1 aromatic rings. The van der Waals surface area contributed by atoms with E-state index in [2.05, 4.69) is 29.4 Å². The fraction of sp³-hybridized carbons (Fsp3) is 0.615. The zero-order chi connectivity index (χ0) is 10.5. The number of aromatic nitrogens is 1. The fourth-order valence-corrected chi connectivity index (χ4v) is 2.36. The Balaban J connectivity index is 1.78. The van der Waals surface area contributed by atoms with Crippen LogP contribution in [-0.2, 0) is 6.42 Å². The van der Waals surface area contributed by atoms with Gasteiger partial charge in [0.15, 0.2) is 0 Å². The number of aryl methyl sites for hydroxylation is 1. The van der Waals surface area contributed by atoms with Crippen LogP contribution in [0.3, 0.4) is 0 Å². The van der Waals surface area contributed by atoms with Gasteiger partial charge < -0.3 is 5.32 Å². The number of pyridine rings is 1. The molecule has 0 aliphatic carbocycles. The Morgan fingerprint density at radius 2 is 2.13 bits per heavy atom. The maximum absolute atomic E-state index is 4.04. The number of nitrogens with zero attached hydrogens (tertiary/aromatic N) is 1. The summed E-state index contributed by atoms with van der Waals surface area (Å²) in [6.45, 7) is 2.29. The van der Waals surface area contributed by atoms with E-state index < -0.39 is 0 Å². The van der Waals surface area contributed by atoms with Gasteiger partial charge in [0.1, 0.15) is 0 Å². The molecule has 82 valence electrons. The average Bonchev–Trinajstić information content (AvgIpc) is 2.28. The summed E-state index contributed by atoms with van der Waals surface area (Å²) in [6.07, 6.45) is 10.3. The molecule has 2 atom stereocenters. The van der Waals surface area contributed by atoms with E-state index in [0.29, 0.717) is 6.04 Å². The maximum atomic E-state index is 4.04. The molecule has 0 bridgehead atoms. The highest BCUT2D eigenvalue weighted by Gasteiger charge is 2.16. The number of hydrogen-bond acceptors (Lipinski definition) is 2. The fourth-order valence-electron chi connectivity index (χ4n) is 2.36. The van der Waals surface area contributed by atoms with Gasteiger partial charge in [0, 0.05) is 24.5 Å². The predicted octanol–water partition coefficient (Wildman–Crippen LogP) is 2.54. The molecule has 1 aromatic heterocycles. The Morgan fingerprint density at radius 3 is 2.87 bits per heavy atom. The molecule has 0 amide bonds. The molecule has 2 heteroatoms. The van der Waals surface area contributed by atoms with Crippen molar-refractivity contribution >= 4 is 0 Å². The Morgan fingerprint density at radius 1 is 1.33 bits per heavy atom. The van der Waals surface area contributed by atoms with Crippen molar-refractivity contribution in [1.29, 1.82) is 0 Å². The number of hydrogen-bond donors (Lipinski definition) is 1. The van der Waals surface area contributed by atoms with Crippen LogP contribution in [0.1, 0.15) is 38.2 Å². The Kier molecular flexibility index (Phi) is 3.73. The summed E-state index contributed by atoms with van der Waals surface area (Å²) < 4.78 is 0. The van der Waals surface area contributed by atoms with Crippen LogP contribution in [0.25, 0.3) is 0 Å². The van der Waals surface area contributed by atoms with Gasteiger partial charge in [-0.2, -0.15) is 0 Å². The van der Waals surface area contributed by atoms with E-state index >= 15 is 0 Å². The molecule has 0 aromatic carbocycles. The minimum Gasteiger partial charge on any atom is -0.311 e. The topological polar surface area (TPSA) is 24.9 Å². The van der Waals surface area contributed by atoms with Gasteiger partial charge >= 0.3 is 0 Å². The molecule has 2 unspecified atom stereocenters. The smallest absolute Gasteiger partial charge is 0.0270 e. The molecule has 0 radical (unpaired) electrons. The van der Waals surface area contributed by atoms with E-state index in [-0.39, 0.29) is 0 Å². The second-order valence-electron chi connectivity index (χ2n) is 4.59. The summed E-state index contributed by atoms with van der Waals surface area (Å²) in [5.41, 5.74) is 1.41. The molecule has 0 saturated carbocycles. The predicted molar refractivity (Wildman–Crippen MR) is 62.8 cm³/mol. The SMILES string of the molecule is CC1CCCC(CCc2ccncc2)N1. The molecule has 2 rings (SSSR count). The van der Waals surface area contributed by atoms with Crippen molar-refractivity contribution in [3.63, 3.8) is 0 Å². The van der Waals surface area contributed by atoms with Gasteiger partial charge in [-0.25, -0.2) is 0 Å². The van der Waals surface area contributed by atoms with Crippen molar-refractivity contribution in [2.24, 2.45) is 0 Å². The third kappa shape index (κ3) is 3.31. The van der Waals surface area contributed by atoms with Gasteiger partial charge in [-0.05, 0) is 50.3 Å². The van der Waals surface area contributed by atoms with Crippen molar-refractivity contribution in [1.82, 2.24) is 10.3 Å². The van der Waals surface area contributed by atoms with Crippen LogP contribution in [0.4, 0.5) is 0 Å². The molecule has 1 aliphatic heterocycles.